The summed E-state index contributed by atoms with van der Waals surface area (Å²) in [5.41, 5.74) is 3.94. The van der Waals surface area contributed by atoms with Crippen LogP contribution in [0.3, 0.4) is 0 Å². The average molecular weight is 289 g/mol. The van der Waals surface area contributed by atoms with Crippen LogP contribution in [0.1, 0.15) is 25.3 Å². The summed E-state index contributed by atoms with van der Waals surface area (Å²) in [7, 11) is -3.25. The molecule has 0 saturated heterocycles. The Hall–Kier alpha value is -1.81. The number of rotatable bonds is 4. The third-order valence-electron chi connectivity index (χ3n) is 3.05. The van der Waals surface area contributed by atoms with Crippen molar-refractivity contribution in [2.45, 2.75) is 19.8 Å². The Labute approximate surface area is 120 Å². The minimum absolute atomic E-state index is 0.465. The predicted octanol–water partition coefficient (Wildman–Crippen LogP) is 3.85. The molecule has 0 radical (unpaired) electrons. The first-order valence-electron chi connectivity index (χ1n) is 6.53. The molecular formula is C16H19NO2S. The number of sulfonamides is 1. The van der Waals surface area contributed by atoms with Gasteiger partial charge in [0.15, 0.2) is 0 Å². The molecular weight excluding hydrogens is 270 g/mol. The Bertz CT molecular complexity index is 706. The molecule has 0 unspecified atom stereocenters. The summed E-state index contributed by atoms with van der Waals surface area (Å²) in [5, 5.41) is 0. The lowest BCUT2D eigenvalue weighted by Crippen LogP contribution is -2.09. The molecule has 0 aliphatic heterocycles. The van der Waals surface area contributed by atoms with E-state index in [1.807, 2.05) is 30.3 Å². The smallest absolute Gasteiger partial charge is 0.229 e. The number of hydrogen-bond acceptors (Lipinski definition) is 2. The number of hydrogen-bond donors (Lipinski definition) is 1. The van der Waals surface area contributed by atoms with Crippen LogP contribution in [-0.4, -0.2) is 14.7 Å². The van der Waals surface area contributed by atoms with E-state index in [1.165, 1.54) is 5.56 Å². The second kappa shape index (κ2) is 5.67. The zero-order chi connectivity index (χ0) is 14.8. The van der Waals surface area contributed by atoms with E-state index in [4.69, 9.17) is 0 Å². The molecule has 0 heterocycles. The minimum atomic E-state index is -3.25. The van der Waals surface area contributed by atoms with E-state index in [9.17, 15) is 8.42 Å². The van der Waals surface area contributed by atoms with Gasteiger partial charge in [0.25, 0.3) is 0 Å². The Morgan fingerprint density at radius 2 is 1.55 bits per heavy atom. The summed E-state index contributed by atoms with van der Waals surface area (Å²) in [6.45, 7) is 4.31. The molecule has 0 aromatic heterocycles. The molecule has 4 heteroatoms. The first kappa shape index (κ1) is 14.6. The van der Waals surface area contributed by atoms with Gasteiger partial charge in [0.05, 0.1) is 6.26 Å². The van der Waals surface area contributed by atoms with E-state index in [-0.39, 0.29) is 0 Å². The monoisotopic (exact) mass is 289 g/mol. The zero-order valence-corrected chi connectivity index (χ0v) is 12.7. The van der Waals surface area contributed by atoms with Gasteiger partial charge >= 0.3 is 0 Å². The second-order valence-corrected chi connectivity index (χ2v) is 6.98. The van der Waals surface area contributed by atoms with Crippen molar-refractivity contribution < 1.29 is 8.42 Å². The average Bonchev–Trinajstić information content (AvgIpc) is 2.37. The first-order chi connectivity index (χ1) is 9.35. The zero-order valence-electron chi connectivity index (χ0n) is 11.9. The molecule has 20 heavy (non-hydrogen) atoms. The second-order valence-electron chi connectivity index (χ2n) is 5.24. The largest absolute Gasteiger partial charge is 0.284 e. The van der Waals surface area contributed by atoms with Crippen molar-refractivity contribution in [2.24, 2.45) is 0 Å². The Kier molecular flexibility index (Phi) is 4.14. The van der Waals surface area contributed by atoms with Crippen LogP contribution in [0.2, 0.25) is 0 Å². The molecule has 106 valence electrons. The maximum absolute atomic E-state index is 11.3. The van der Waals surface area contributed by atoms with E-state index in [0.29, 0.717) is 11.6 Å². The number of benzene rings is 2. The van der Waals surface area contributed by atoms with Crippen molar-refractivity contribution in [3.63, 3.8) is 0 Å². The van der Waals surface area contributed by atoms with Crippen LogP contribution >= 0.6 is 0 Å². The molecule has 2 rings (SSSR count). The van der Waals surface area contributed by atoms with Gasteiger partial charge in [-0.25, -0.2) is 8.42 Å². The van der Waals surface area contributed by atoms with Crippen molar-refractivity contribution in [3.05, 3.63) is 54.1 Å². The van der Waals surface area contributed by atoms with Gasteiger partial charge in [-0.3, -0.25) is 4.72 Å². The van der Waals surface area contributed by atoms with Crippen molar-refractivity contribution in [1.82, 2.24) is 0 Å². The normalized spacial score (nSPS) is 11.6. The van der Waals surface area contributed by atoms with E-state index in [2.05, 4.69) is 30.7 Å². The minimum Gasteiger partial charge on any atom is -0.284 e. The highest BCUT2D eigenvalue weighted by molar-refractivity contribution is 7.92. The molecule has 0 saturated carbocycles. The molecule has 0 fully saturated rings. The first-order valence-corrected chi connectivity index (χ1v) is 8.42. The van der Waals surface area contributed by atoms with Gasteiger partial charge in [0, 0.05) is 5.69 Å². The van der Waals surface area contributed by atoms with Crippen molar-refractivity contribution in [3.8, 4) is 11.1 Å². The fraction of sp³-hybridized carbons (Fsp3) is 0.250. The molecule has 1 N–H and O–H groups in total. The molecule has 0 bridgehead atoms. The van der Waals surface area contributed by atoms with Crippen LogP contribution in [0, 0.1) is 0 Å². The lowest BCUT2D eigenvalue weighted by atomic mass is 9.97. The molecule has 2 aromatic carbocycles. The van der Waals surface area contributed by atoms with Crippen molar-refractivity contribution >= 4 is 15.7 Å². The standard InChI is InChI=1S/C16H19NO2S/c1-12(2)13-6-4-7-14(10-13)15-8-5-9-16(11-15)17-20(3,18)19/h4-12,17H,1-3H3. The summed E-state index contributed by atoms with van der Waals surface area (Å²) in [6, 6.07) is 15.7. The van der Waals surface area contributed by atoms with Gasteiger partial charge < -0.3 is 0 Å². The van der Waals surface area contributed by atoms with Gasteiger partial charge in [-0.2, -0.15) is 0 Å². The number of nitrogens with one attached hydrogen (secondary N) is 1. The molecule has 0 aliphatic carbocycles. The quantitative estimate of drug-likeness (QED) is 0.929. The number of anilines is 1. The molecule has 2 aromatic rings. The highest BCUT2D eigenvalue weighted by atomic mass is 32.2. The highest BCUT2D eigenvalue weighted by Gasteiger charge is 2.05. The van der Waals surface area contributed by atoms with E-state index in [0.717, 1.165) is 17.4 Å². The maximum Gasteiger partial charge on any atom is 0.229 e. The summed E-state index contributed by atoms with van der Waals surface area (Å²) >= 11 is 0. The van der Waals surface area contributed by atoms with Crippen molar-refractivity contribution in [2.75, 3.05) is 11.0 Å². The summed E-state index contributed by atoms with van der Waals surface area (Å²) in [6.07, 6.45) is 1.15. The van der Waals surface area contributed by atoms with Crippen molar-refractivity contribution in [1.29, 1.82) is 0 Å². The van der Waals surface area contributed by atoms with Gasteiger partial charge in [-0.05, 0) is 34.7 Å². The Balaban J connectivity index is 2.38. The van der Waals surface area contributed by atoms with Gasteiger partial charge in [-0.15, -0.1) is 0 Å². The Morgan fingerprint density at radius 1 is 0.950 bits per heavy atom. The summed E-state index contributed by atoms with van der Waals surface area (Å²) < 4.78 is 25.1. The molecule has 0 aliphatic rings. The van der Waals surface area contributed by atoms with Crippen LogP contribution in [0.25, 0.3) is 11.1 Å². The van der Waals surface area contributed by atoms with E-state index < -0.39 is 10.0 Å². The molecule has 0 amide bonds. The van der Waals surface area contributed by atoms with E-state index in [1.54, 1.807) is 6.07 Å². The molecule has 0 atom stereocenters. The summed E-state index contributed by atoms with van der Waals surface area (Å²) in [5.74, 6) is 0.465. The van der Waals surface area contributed by atoms with Crippen LogP contribution in [0.5, 0.6) is 0 Å². The molecule has 3 nitrogen and oxygen atoms in total. The van der Waals surface area contributed by atoms with Crippen LogP contribution in [0.15, 0.2) is 48.5 Å². The lowest BCUT2D eigenvalue weighted by molar-refractivity contribution is 0.607. The van der Waals surface area contributed by atoms with Gasteiger partial charge in [0.1, 0.15) is 0 Å². The van der Waals surface area contributed by atoms with Gasteiger partial charge in [0.2, 0.25) is 10.0 Å². The van der Waals surface area contributed by atoms with Crippen LogP contribution < -0.4 is 4.72 Å². The van der Waals surface area contributed by atoms with E-state index >= 15 is 0 Å². The fourth-order valence-corrected chi connectivity index (χ4v) is 2.61. The highest BCUT2D eigenvalue weighted by Crippen LogP contribution is 2.26. The molecule has 0 spiro atoms. The van der Waals surface area contributed by atoms with Gasteiger partial charge in [-0.1, -0.05) is 50.2 Å². The Morgan fingerprint density at radius 3 is 2.15 bits per heavy atom. The predicted molar refractivity (Wildman–Crippen MR) is 84.4 cm³/mol. The third-order valence-corrected chi connectivity index (χ3v) is 3.66. The fourth-order valence-electron chi connectivity index (χ4n) is 2.05. The topological polar surface area (TPSA) is 46.2 Å². The SMILES string of the molecule is CC(C)c1cccc(-c2cccc(NS(C)(=O)=O)c2)c1. The summed E-state index contributed by atoms with van der Waals surface area (Å²) in [4.78, 5) is 0. The van der Waals surface area contributed by atoms with Crippen LogP contribution in [0.4, 0.5) is 5.69 Å². The lowest BCUT2D eigenvalue weighted by Gasteiger charge is -2.10. The maximum atomic E-state index is 11.3. The van der Waals surface area contributed by atoms with Crippen LogP contribution in [-0.2, 0) is 10.0 Å². The third kappa shape index (κ3) is 3.84.